The summed E-state index contributed by atoms with van der Waals surface area (Å²) in [5.41, 5.74) is 0.753. The minimum Gasteiger partial charge on any atom is -0.462 e. The number of benzene rings is 2. The van der Waals surface area contributed by atoms with Crippen molar-refractivity contribution in [2.24, 2.45) is 0 Å². The number of hydrogen-bond donors (Lipinski definition) is 0. The number of nitrogens with zero attached hydrogens (tertiary/aromatic N) is 3. The van der Waals surface area contributed by atoms with Crippen molar-refractivity contribution in [1.82, 2.24) is 9.55 Å². The molecule has 1 aromatic heterocycles. The van der Waals surface area contributed by atoms with Gasteiger partial charge in [-0.3, -0.25) is 19.5 Å². The summed E-state index contributed by atoms with van der Waals surface area (Å²) in [4.78, 5) is 38.7. The number of fused-ring (bicyclic) bond motifs is 1. The van der Waals surface area contributed by atoms with E-state index in [1.54, 1.807) is 25.1 Å². The van der Waals surface area contributed by atoms with Crippen molar-refractivity contribution in [3.63, 3.8) is 0 Å². The molecule has 0 saturated heterocycles. The molecule has 0 atom stereocenters. The molecule has 0 radical (unpaired) electrons. The molecule has 0 saturated carbocycles. The summed E-state index contributed by atoms with van der Waals surface area (Å²) in [7, 11) is 0. The first-order chi connectivity index (χ1) is 12.0. The van der Waals surface area contributed by atoms with Crippen LogP contribution in [0.4, 0.5) is 5.69 Å². The number of carbonyl (C=O) groups excluding carboxylic acids is 1. The standard InChI is InChI=1S/C17H13N3O5/c1-2-25-17(22)11-4-3-5-12(8-11)19-15-9-13(20(23)24)6-7-14(15)18-10-16(19)21/h3-10H,2H2,1H3. The monoisotopic (exact) mass is 339 g/mol. The van der Waals surface area contributed by atoms with Crippen LogP contribution in [0.15, 0.2) is 53.5 Å². The van der Waals surface area contributed by atoms with Gasteiger partial charge >= 0.3 is 5.97 Å². The first-order valence-electron chi connectivity index (χ1n) is 7.45. The summed E-state index contributed by atoms with van der Waals surface area (Å²) in [6.07, 6.45) is 1.13. The second kappa shape index (κ2) is 6.52. The Morgan fingerprint density at radius 1 is 1.28 bits per heavy atom. The normalized spacial score (nSPS) is 10.6. The summed E-state index contributed by atoms with van der Waals surface area (Å²) in [5.74, 6) is -0.512. The van der Waals surface area contributed by atoms with Gasteiger partial charge in [0.1, 0.15) is 0 Å². The fraction of sp³-hybridized carbons (Fsp3) is 0.118. The average molecular weight is 339 g/mol. The van der Waals surface area contributed by atoms with Gasteiger partial charge in [-0.25, -0.2) is 9.78 Å². The highest BCUT2D eigenvalue weighted by Crippen LogP contribution is 2.21. The van der Waals surface area contributed by atoms with E-state index in [0.717, 1.165) is 6.20 Å². The predicted molar refractivity (Wildman–Crippen MR) is 90.0 cm³/mol. The van der Waals surface area contributed by atoms with Crippen LogP contribution in [0.5, 0.6) is 0 Å². The van der Waals surface area contributed by atoms with E-state index >= 15 is 0 Å². The maximum atomic E-state index is 12.3. The highest BCUT2D eigenvalue weighted by atomic mass is 16.6. The Labute approximate surface area is 141 Å². The van der Waals surface area contributed by atoms with Crippen LogP contribution in [0.2, 0.25) is 0 Å². The molecule has 8 heteroatoms. The van der Waals surface area contributed by atoms with E-state index < -0.39 is 16.5 Å². The molecule has 0 aliphatic heterocycles. The van der Waals surface area contributed by atoms with Gasteiger partial charge in [0.05, 0.1) is 40.0 Å². The fourth-order valence-corrected chi connectivity index (χ4v) is 2.47. The number of hydrogen-bond acceptors (Lipinski definition) is 6. The molecule has 3 rings (SSSR count). The third-order valence-electron chi connectivity index (χ3n) is 3.56. The van der Waals surface area contributed by atoms with Gasteiger partial charge in [-0.15, -0.1) is 0 Å². The smallest absolute Gasteiger partial charge is 0.338 e. The molecule has 8 nitrogen and oxygen atoms in total. The molecule has 126 valence electrons. The van der Waals surface area contributed by atoms with Crippen molar-refractivity contribution in [2.45, 2.75) is 6.92 Å². The van der Waals surface area contributed by atoms with Gasteiger partial charge in [0.2, 0.25) is 0 Å². The lowest BCUT2D eigenvalue weighted by molar-refractivity contribution is -0.384. The average Bonchev–Trinajstić information content (AvgIpc) is 2.61. The second-order valence-corrected chi connectivity index (χ2v) is 5.13. The molecule has 0 bridgehead atoms. The minimum absolute atomic E-state index is 0.157. The van der Waals surface area contributed by atoms with E-state index in [-0.39, 0.29) is 23.4 Å². The topological polar surface area (TPSA) is 104 Å². The number of carbonyl (C=O) groups is 1. The Hall–Kier alpha value is -3.55. The molecule has 0 unspecified atom stereocenters. The van der Waals surface area contributed by atoms with E-state index in [1.165, 1.54) is 28.8 Å². The van der Waals surface area contributed by atoms with Crippen LogP contribution < -0.4 is 5.56 Å². The second-order valence-electron chi connectivity index (χ2n) is 5.13. The van der Waals surface area contributed by atoms with Gasteiger partial charge in [0.15, 0.2) is 0 Å². The van der Waals surface area contributed by atoms with E-state index in [4.69, 9.17) is 4.74 Å². The van der Waals surface area contributed by atoms with Crippen molar-refractivity contribution >= 4 is 22.7 Å². The molecule has 2 aromatic carbocycles. The molecule has 25 heavy (non-hydrogen) atoms. The molecular weight excluding hydrogens is 326 g/mol. The van der Waals surface area contributed by atoms with Crippen molar-refractivity contribution in [2.75, 3.05) is 6.61 Å². The van der Waals surface area contributed by atoms with Crippen molar-refractivity contribution in [1.29, 1.82) is 0 Å². The molecule has 1 heterocycles. The van der Waals surface area contributed by atoms with E-state index in [2.05, 4.69) is 4.98 Å². The van der Waals surface area contributed by atoms with Crippen LogP contribution in [0, 0.1) is 10.1 Å². The highest BCUT2D eigenvalue weighted by Gasteiger charge is 2.14. The summed E-state index contributed by atoms with van der Waals surface area (Å²) in [6.45, 7) is 1.93. The van der Waals surface area contributed by atoms with Gasteiger partial charge < -0.3 is 4.74 Å². The molecule has 3 aromatic rings. The third-order valence-corrected chi connectivity index (χ3v) is 3.56. The van der Waals surface area contributed by atoms with Crippen LogP contribution in [0.1, 0.15) is 17.3 Å². The van der Waals surface area contributed by atoms with E-state index in [1.807, 2.05) is 0 Å². The van der Waals surface area contributed by atoms with Gasteiger partial charge in [0.25, 0.3) is 11.2 Å². The summed E-state index contributed by atoms with van der Waals surface area (Å²) >= 11 is 0. The van der Waals surface area contributed by atoms with Crippen LogP contribution in [-0.2, 0) is 4.74 Å². The van der Waals surface area contributed by atoms with Crippen LogP contribution >= 0.6 is 0 Å². The van der Waals surface area contributed by atoms with E-state index in [9.17, 15) is 19.7 Å². The molecule has 0 aliphatic rings. The Morgan fingerprint density at radius 3 is 2.80 bits per heavy atom. The zero-order valence-electron chi connectivity index (χ0n) is 13.2. The van der Waals surface area contributed by atoms with Crippen LogP contribution in [-0.4, -0.2) is 27.1 Å². The zero-order valence-corrected chi connectivity index (χ0v) is 13.2. The molecule has 0 spiro atoms. The first kappa shape index (κ1) is 16.3. The zero-order chi connectivity index (χ0) is 18.0. The largest absolute Gasteiger partial charge is 0.462 e. The molecule has 0 fully saturated rings. The number of ether oxygens (including phenoxy) is 1. The molecular formula is C17H13N3O5. The molecule has 0 N–H and O–H groups in total. The number of esters is 1. The number of rotatable bonds is 4. The number of nitro groups is 1. The van der Waals surface area contributed by atoms with Crippen LogP contribution in [0.25, 0.3) is 16.7 Å². The van der Waals surface area contributed by atoms with Gasteiger partial charge in [-0.2, -0.15) is 0 Å². The summed E-state index contributed by atoms with van der Waals surface area (Å²) in [6, 6.07) is 10.4. The lowest BCUT2D eigenvalue weighted by atomic mass is 10.2. The highest BCUT2D eigenvalue weighted by molar-refractivity contribution is 5.90. The van der Waals surface area contributed by atoms with Crippen molar-refractivity contribution in [3.8, 4) is 5.69 Å². The lowest BCUT2D eigenvalue weighted by Crippen LogP contribution is -2.19. The van der Waals surface area contributed by atoms with Crippen molar-refractivity contribution < 1.29 is 14.5 Å². The Bertz CT molecular complexity index is 1040. The Morgan fingerprint density at radius 2 is 2.08 bits per heavy atom. The summed E-state index contributed by atoms with van der Waals surface area (Å²) < 4.78 is 6.23. The fourth-order valence-electron chi connectivity index (χ4n) is 2.47. The van der Waals surface area contributed by atoms with Gasteiger partial charge in [-0.05, 0) is 31.2 Å². The number of aromatic nitrogens is 2. The summed E-state index contributed by atoms with van der Waals surface area (Å²) in [5, 5.41) is 11.0. The first-order valence-corrected chi connectivity index (χ1v) is 7.45. The predicted octanol–water partition coefficient (Wildman–Crippen LogP) is 2.47. The number of non-ortho nitro benzene ring substituents is 1. The lowest BCUT2D eigenvalue weighted by Gasteiger charge is -2.10. The SMILES string of the molecule is CCOC(=O)c1cccc(-n2c(=O)cnc3ccc([N+](=O)[O-])cc32)c1. The van der Waals surface area contributed by atoms with Gasteiger partial charge in [0, 0.05) is 12.1 Å². The maximum absolute atomic E-state index is 12.3. The Kier molecular flexibility index (Phi) is 4.25. The maximum Gasteiger partial charge on any atom is 0.338 e. The van der Waals surface area contributed by atoms with Crippen LogP contribution in [0.3, 0.4) is 0 Å². The molecule has 0 amide bonds. The minimum atomic E-state index is -0.545. The third kappa shape index (κ3) is 3.09. The van der Waals surface area contributed by atoms with Crippen molar-refractivity contribution in [3.05, 3.63) is 74.7 Å². The van der Waals surface area contributed by atoms with E-state index in [0.29, 0.717) is 11.2 Å². The van der Waals surface area contributed by atoms with Gasteiger partial charge in [-0.1, -0.05) is 6.07 Å². The Balaban J connectivity index is 2.24. The molecule has 0 aliphatic carbocycles. The number of nitro benzene ring substituents is 1. The quantitative estimate of drug-likeness (QED) is 0.411.